The Morgan fingerprint density at radius 1 is 1.17 bits per heavy atom. The summed E-state index contributed by atoms with van der Waals surface area (Å²) in [4.78, 5) is 30.3. The van der Waals surface area contributed by atoms with Gasteiger partial charge in [-0.25, -0.2) is 9.78 Å². The van der Waals surface area contributed by atoms with Gasteiger partial charge in [0.05, 0.1) is 12.0 Å². The van der Waals surface area contributed by atoms with Gasteiger partial charge in [0.15, 0.2) is 0 Å². The van der Waals surface area contributed by atoms with Crippen molar-refractivity contribution < 1.29 is 9.53 Å². The first kappa shape index (κ1) is 19.6. The van der Waals surface area contributed by atoms with Crippen LogP contribution in [-0.2, 0) is 17.7 Å². The van der Waals surface area contributed by atoms with Gasteiger partial charge in [0.1, 0.15) is 22.3 Å². The lowest BCUT2D eigenvalue weighted by atomic mass is 10.1. The van der Waals surface area contributed by atoms with E-state index in [1.165, 1.54) is 10.5 Å². The maximum atomic E-state index is 13.2. The first-order valence-electron chi connectivity index (χ1n) is 9.82. The number of carbonyl (C=O) groups is 1. The molecule has 1 N–H and O–H groups in total. The zero-order valence-corrected chi connectivity index (χ0v) is 16.9. The van der Waals surface area contributed by atoms with Gasteiger partial charge in [-0.05, 0) is 43.5 Å². The van der Waals surface area contributed by atoms with Crippen molar-refractivity contribution in [2.75, 3.05) is 6.61 Å². The topological polar surface area (TPSA) is 89.4 Å². The third-order valence-electron chi connectivity index (χ3n) is 5.02. The number of aryl methyl sites for hydroxylation is 3. The van der Waals surface area contributed by atoms with Gasteiger partial charge in [0.25, 0.3) is 5.56 Å². The lowest BCUT2D eigenvalue weighted by Crippen LogP contribution is -2.31. The molecule has 0 atom stereocenters. The highest BCUT2D eigenvalue weighted by Gasteiger charge is 2.18. The molecule has 0 unspecified atom stereocenters. The lowest BCUT2D eigenvalue weighted by Gasteiger charge is -2.14. The summed E-state index contributed by atoms with van der Waals surface area (Å²) in [6.07, 6.45) is 2.35. The molecule has 30 heavy (non-hydrogen) atoms. The minimum atomic E-state index is -0.619. The number of nitrogens with zero attached hydrogens (tertiary/aromatic N) is 3. The van der Waals surface area contributed by atoms with Crippen molar-refractivity contribution in [2.45, 2.75) is 26.8 Å². The maximum Gasteiger partial charge on any atom is 0.341 e. The Hall–Kier alpha value is -3.74. The Kier molecular flexibility index (Phi) is 5.18. The lowest BCUT2D eigenvalue weighted by molar-refractivity contribution is 0.0523. The molecule has 7 heteroatoms. The third-order valence-corrected chi connectivity index (χ3v) is 5.02. The fraction of sp³-hybridized carbons (Fsp3) is 0.217. The van der Waals surface area contributed by atoms with Gasteiger partial charge < -0.3 is 9.30 Å². The van der Waals surface area contributed by atoms with Crippen LogP contribution in [0, 0.1) is 12.3 Å². The number of esters is 1. The van der Waals surface area contributed by atoms with Crippen molar-refractivity contribution in [1.82, 2.24) is 14.0 Å². The number of rotatable bonds is 5. The molecule has 4 rings (SSSR count). The number of ether oxygens (including phenoxy) is 1. The van der Waals surface area contributed by atoms with E-state index < -0.39 is 5.97 Å². The molecule has 0 aliphatic carbocycles. The van der Waals surface area contributed by atoms with Crippen LogP contribution in [0.15, 0.2) is 59.5 Å². The van der Waals surface area contributed by atoms with Crippen molar-refractivity contribution in [3.8, 4) is 0 Å². The first-order valence-corrected chi connectivity index (χ1v) is 9.82. The molecule has 0 saturated heterocycles. The summed E-state index contributed by atoms with van der Waals surface area (Å²) >= 11 is 0. The van der Waals surface area contributed by atoms with E-state index in [9.17, 15) is 9.59 Å². The largest absolute Gasteiger partial charge is 0.462 e. The van der Waals surface area contributed by atoms with E-state index in [1.807, 2.05) is 43.3 Å². The second-order valence-corrected chi connectivity index (χ2v) is 7.10. The van der Waals surface area contributed by atoms with E-state index >= 15 is 0 Å². The van der Waals surface area contributed by atoms with Crippen LogP contribution in [0.2, 0.25) is 0 Å². The number of benzene rings is 1. The predicted octanol–water partition coefficient (Wildman–Crippen LogP) is 2.86. The Morgan fingerprint density at radius 2 is 1.93 bits per heavy atom. The van der Waals surface area contributed by atoms with Crippen LogP contribution in [0.1, 0.15) is 28.4 Å². The Balaban J connectivity index is 1.98. The number of pyridine rings is 2. The maximum absolute atomic E-state index is 13.2. The molecule has 0 amide bonds. The summed E-state index contributed by atoms with van der Waals surface area (Å²) in [7, 11) is 0. The Morgan fingerprint density at radius 3 is 2.67 bits per heavy atom. The van der Waals surface area contributed by atoms with Crippen molar-refractivity contribution >= 4 is 22.6 Å². The summed E-state index contributed by atoms with van der Waals surface area (Å²) < 4.78 is 8.21. The number of carbonyl (C=O) groups excluding carboxylic acids is 1. The fourth-order valence-corrected chi connectivity index (χ4v) is 3.51. The molecule has 0 bridgehead atoms. The highest BCUT2D eigenvalue weighted by atomic mass is 16.5. The van der Waals surface area contributed by atoms with Gasteiger partial charge >= 0.3 is 5.97 Å². The number of aromatic nitrogens is 3. The average molecular weight is 402 g/mol. The van der Waals surface area contributed by atoms with Gasteiger partial charge in [-0.1, -0.05) is 36.4 Å². The summed E-state index contributed by atoms with van der Waals surface area (Å²) in [6, 6.07) is 14.9. The SMILES string of the molecule is CCOC(=O)c1cc2c(=O)n3cc(C)ccc3nc2n(CCc2ccccc2)c1=N. The molecule has 152 valence electrons. The fourth-order valence-electron chi connectivity index (χ4n) is 3.51. The summed E-state index contributed by atoms with van der Waals surface area (Å²) in [6.45, 7) is 4.20. The van der Waals surface area contributed by atoms with Crippen LogP contribution >= 0.6 is 0 Å². The van der Waals surface area contributed by atoms with E-state index in [2.05, 4.69) is 4.98 Å². The molecule has 0 aliphatic rings. The van der Waals surface area contributed by atoms with E-state index in [1.54, 1.807) is 23.8 Å². The molecule has 0 aliphatic heterocycles. The molecule has 4 aromatic rings. The van der Waals surface area contributed by atoms with Crippen LogP contribution in [0.25, 0.3) is 16.7 Å². The molecule has 0 radical (unpaired) electrons. The van der Waals surface area contributed by atoms with Crippen LogP contribution in [0.5, 0.6) is 0 Å². The monoisotopic (exact) mass is 402 g/mol. The van der Waals surface area contributed by atoms with Crippen molar-refractivity contribution in [3.63, 3.8) is 0 Å². The van der Waals surface area contributed by atoms with Crippen molar-refractivity contribution in [3.05, 3.63) is 87.3 Å². The summed E-state index contributed by atoms with van der Waals surface area (Å²) in [5.41, 5.74) is 2.66. The van der Waals surface area contributed by atoms with Crippen LogP contribution in [0.3, 0.4) is 0 Å². The number of nitrogens with one attached hydrogen (secondary N) is 1. The normalized spacial score (nSPS) is 11.1. The average Bonchev–Trinajstić information content (AvgIpc) is 2.74. The molecule has 3 aromatic heterocycles. The van der Waals surface area contributed by atoms with Crippen molar-refractivity contribution in [2.24, 2.45) is 0 Å². The molecule has 0 spiro atoms. The highest BCUT2D eigenvalue weighted by Crippen LogP contribution is 2.13. The van der Waals surface area contributed by atoms with Gasteiger partial charge in [-0.15, -0.1) is 0 Å². The van der Waals surface area contributed by atoms with E-state index in [0.717, 1.165) is 11.1 Å². The second kappa shape index (κ2) is 7.94. The molecule has 0 fully saturated rings. The van der Waals surface area contributed by atoms with Gasteiger partial charge in [-0.2, -0.15) is 0 Å². The predicted molar refractivity (Wildman–Crippen MR) is 114 cm³/mol. The number of hydrogen-bond donors (Lipinski definition) is 1. The minimum absolute atomic E-state index is 0.0137. The van der Waals surface area contributed by atoms with Gasteiger partial charge in [0.2, 0.25) is 0 Å². The highest BCUT2D eigenvalue weighted by molar-refractivity contribution is 5.93. The molecular weight excluding hydrogens is 380 g/mol. The third kappa shape index (κ3) is 3.50. The summed E-state index contributed by atoms with van der Waals surface area (Å²) in [5, 5.41) is 8.91. The standard InChI is InChI=1S/C23H22N4O3/c1-3-30-23(29)17-13-18-21(25-19-10-9-15(2)14-27(19)22(18)28)26(20(17)24)12-11-16-7-5-4-6-8-16/h4-10,13-14,24H,3,11-12H2,1-2H3. The minimum Gasteiger partial charge on any atom is -0.462 e. The van der Waals surface area contributed by atoms with E-state index in [0.29, 0.717) is 24.3 Å². The van der Waals surface area contributed by atoms with Gasteiger partial charge in [-0.3, -0.25) is 14.6 Å². The molecule has 1 aromatic carbocycles. The first-order chi connectivity index (χ1) is 14.5. The molecule has 7 nitrogen and oxygen atoms in total. The molecular formula is C23H22N4O3. The van der Waals surface area contributed by atoms with E-state index in [-0.39, 0.29) is 28.6 Å². The van der Waals surface area contributed by atoms with Crippen LogP contribution < -0.4 is 11.0 Å². The zero-order valence-electron chi connectivity index (χ0n) is 16.9. The summed E-state index contributed by atoms with van der Waals surface area (Å²) in [5.74, 6) is -0.619. The van der Waals surface area contributed by atoms with Gasteiger partial charge in [0, 0.05) is 12.7 Å². The smallest absolute Gasteiger partial charge is 0.341 e. The number of fused-ring (bicyclic) bond motifs is 2. The molecule has 3 heterocycles. The Bertz CT molecular complexity index is 1370. The van der Waals surface area contributed by atoms with E-state index in [4.69, 9.17) is 10.1 Å². The quantitative estimate of drug-likeness (QED) is 0.411. The van der Waals surface area contributed by atoms with Crippen molar-refractivity contribution in [1.29, 1.82) is 5.41 Å². The Labute approximate surface area is 172 Å². The number of hydrogen-bond acceptors (Lipinski definition) is 5. The van der Waals surface area contributed by atoms with Crippen LogP contribution in [0.4, 0.5) is 0 Å². The second-order valence-electron chi connectivity index (χ2n) is 7.10. The zero-order chi connectivity index (χ0) is 21.3. The molecule has 0 saturated carbocycles. The van der Waals surface area contributed by atoms with Crippen LogP contribution in [-0.4, -0.2) is 26.5 Å².